The first-order chi connectivity index (χ1) is 15.5. The number of amides is 2. The molecule has 0 radical (unpaired) electrons. The van der Waals surface area contributed by atoms with Gasteiger partial charge in [-0.25, -0.2) is 4.98 Å². The van der Waals surface area contributed by atoms with Crippen molar-refractivity contribution in [3.63, 3.8) is 0 Å². The summed E-state index contributed by atoms with van der Waals surface area (Å²) in [7, 11) is 3.71. The molecule has 2 aromatic carbocycles. The molecule has 0 aliphatic carbocycles. The van der Waals surface area contributed by atoms with Gasteiger partial charge in [-0.05, 0) is 56.8 Å². The summed E-state index contributed by atoms with van der Waals surface area (Å²) in [6.07, 6.45) is 4.14. The van der Waals surface area contributed by atoms with Gasteiger partial charge < -0.3 is 15.5 Å². The van der Waals surface area contributed by atoms with Crippen molar-refractivity contribution in [2.75, 3.05) is 27.2 Å². The Kier molecular flexibility index (Phi) is 5.40. The molecule has 7 nitrogen and oxygen atoms in total. The molecule has 0 saturated carbocycles. The minimum Gasteiger partial charge on any atom is -0.355 e. The zero-order valence-electron chi connectivity index (χ0n) is 18.1. The largest absolute Gasteiger partial charge is 0.355 e. The Bertz CT molecular complexity index is 1310. The third kappa shape index (κ3) is 3.87. The Morgan fingerprint density at radius 2 is 1.88 bits per heavy atom. The van der Waals surface area contributed by atoms with Gasteiger partial charge in [-0.15, -0.1) is 0 Å². The van der Waals surface area contributed by atoms with Crippen LogP contribution in [0.3, 0.4) is 0 Å². The van der Waals surface area contributed by atoms with E-state index in [1.165, 1.54) is 0 Å². The van der Waals surface area contributed by atoms with E-state index >= 15 is 0 Å². The van der Waals surface area contributed by atoms with Crippen LogP contribution in [-0.4, -0.2) is 59.3 Å². The number of hydrogen-bond donors (Lipinski definition) is 2. The minimum atomic E-state index is -0.108. The molecule has 1 unspecified atom stereocenters. The number of fused-ring (bicyclic) bond motifs is 3. The zero-order valence-corrected chi connectivity index (χ0v) is 18.9. The highest BCUT2D eigenvalue weighted by Gasteiger charge is 2.20. The Labute approximate surface area is 190 Å². The molecule has 32 heavy (non-hydrogen) atoms. The summed E-state index contributed by atoms with van der Waals surface area (Å²) in [5.74, 6) is -0.126. The van der Waals surface area contributed by atoms with Crippen LogP contribution in [0, 0.1) is 0 Å². The predicted molar refractivity (Wildman–Crippen MR) is 127 cm³/mol. The summed E-state index contributed by atoms with van der Waals surface area (Å²) in [6.45, 7) is 1.99. The van der Waals surface area contributed by atoms with Crippen LogP contribution in [0.5, 0.6) is 0 Å². The van der Waals surface area contributed by atoms with Crippen molar-refractivity contribution < 1.29 is 9.59 Å². The summed E-state index contributed by atoms with van der Waals surface area (Å²) in [5, 5.41) is 5.81. The lowest BCUT2D eigenvalue weighted by atomic mass is 10.1. The maximum atomic E-state index is 12.8. The van der Waals surface area contributed by atoms with E-state index in [0.717, 1.165) is 52.4 Å². The van der Waals surface area contributed by atoms with E-state index in [1.54, 1.807) is 30.5 Å². The third-order valence-electron chi connectivity index (χ3n) is 5.99. The number of benzene rings is 2. The van der Waals surface area contributed by atoms with Gasteiger partial charge in [-0.3, -0.25) is 14.0 Å². The number of imidazole rings is 1. The fourth-order valence-electron chi connectivity index (χ4n) is 4.27. The quantitative estimate of drug-likeness (QED) is 0.503. The number of nitrogens with zero attached hydrogens (tertiary/aromatic N) is 3. The predicted octanol–water partition coefficient (Wildman–Crippen LogP) is 3.40. The van der Waals surface area contributed by atoms with E-state index in [4.69, 9.17) is 4.98 Å². The highest BCUT2D eigenvalue weighted by Crippen LogP contribution is 2.30. The molecule has 8 heteroatoms. The lowest BCUT2D eigenvalue weighted by molar-refractivity contribution is 0.0911. The smallest absolute Gasteiger partial charge is 0.251 e. The van der Waals surface area contributed by atoms with E-state index in [-0.39, 0.29) is 17.9 Å². The Morgan fingerprint density at radius 1 is 1.09 bits per heavy atom. The number of rotatable bonds is 4. The Balaban J connectivity index is 1.38. The summed E-state index contributed by atoms with van der Waals surface area (Å²) in [6, 6.07) is 13.4. The number of hydrogen-bond acceptors (Lipinski definition) is 5. The van der Waals surface area contributed by atoms with E-state index in [9.17, 15) is 9.59 Å². The summed E-state index contributed by atoms with van der Waals surface area (Å²) < 4.78 is 3.09. The van der Waals surface area contributed by atoms with Crippen LogP contribution in [0.1, 0.15) is 33.6 Å². The normalized spacial score (nSPS) is 17.0. The van der Waals surface area contributed by atoms with Crippen LogP contribution in [0.4, 0.5) is 0 Å². The molecule has 2 amide bonds. The van der Waals surface area contributed by atoms with Gasteiger partial charge in [0, 0.05) is 42.5 Å². The first-order valence-electron chi connectivity index (χ1n) is 10.8. The van der Waals surface area contributed by atoms with Crippen molar-refractivity contribution in [1.29, 1.82) is 0 Å². The molecule has 1 aliphatic rings. The molecule has 5 rings (SSSR count). The van der Waals surface area contributed by atoms with Crippen LogP contribution in [0.2, 0.25) is 0 Å². The van der Waals surface area contributed by atoms with Crippen molar-refractivity contribution in [1.82, 2.24) is 24.9 Å². The molecular formula is C24H25N5O2S. The van der Waals surface area contributed by atoms with Crippen LogP contribution in [0.25, 0.3) is 26.4 Å². The second kappa shape index (κ2) is 8.37. The van der Waals surface area contributed by atoms with Crippen molar-refractivity contribution in [3.05, 3.63) is 59.8 Å². The van der Waals surface area contributed by atoms with Crippen LogP contribution < -0.4 is 10.6 Å². The van der Waals surface area contributed by atoms with Gasteiger partial charge >= 0.3 is 0 Å². The fraction of sp³-hybridized carbons (Fsp3) is 0.292. The van der Waals surface area contributed by atoms with Crippen LogP contribution in [0.15, 0.2) is 48.7 Å². The van der Waals surface area contributed by atoms with Gasteiger partial charge in [0.2, 0.25) is 0 Å². The molecule has 4 aromatic rings. The number of piperidine rings is 1. The molecule has 3 heterocycles. The Morgan fingerprint density at radius 3 is 2.62 bits per heavy atom. The molecule has 2 N–H and O–H groups in total. The van der Waals surface area contributed by atoms with Crippen molar-refractivity contribution in [3.8, 4) is 11.3 Å². The standard InChI is InChI=1S/C24H25N5O2S/c1-25-22(30)16-7-5-15(6-8-16)19-14-29-20-10-9-17(12-21(20)32-24(29)27-19)23(31)26-18-4-3-11-28(2)13-18/h5-10,12,14,18H,3-4,11,13H2,1-2H3,(H,25,30)(H,26,31). The number of likely N-dealkylation sites (N-methyl/N-ethyl adjacent to an activating group) is 1. The molecule has 1 aliphatic heterocycles. The first-order valence-corrected chi connectivity index (χ1v) is 11.6. The second-order valence-corrected chi connectivity index (χ2v) is 9.30. The van der Waals surface area contributed by atoms with Crippen molar-refractivity contribution in [2.24, 2.45) is 0 Å². The SMILES string of the molecule is CNC(=O)c1ccc(-c2cn3c(n2)sc2cc(C(=O)NC4CCCN(C)C4)ccc23)cc1. The number of aromatic nitrogens is 2. The molecule has 1 saturated heterocycles. The molecular weight excluding hydrogens is 422 g/mol. The molecule has 0 bridgehead atoms. The van der Waals surface area contributed by atoms with E-state index in [0.29, 0.717) is 11.1 Å². The summed E-state index contributed by atoms with van der Waals surface area (Å²) in [5.41, 5.74) is 4.13. The molecule has 1 fully saturated rings. The monoisotopic (exact) mass is 447 g/mol. The van der Waals surface area contributed by atoms with Gasteiger partial charge in [-0.1, -0.05) is 23.5 Å². The van der Waals surface area contributed by atoms with Gasteiger partial charge in [0.1, 0.15) is 0 Å². The summed E-state index contributed by atoms with van der Waals surface area (Å²) in [4.78, 5) is 32.4. The van der Waals surface area contributed by atoms with Crippen LogP contribution in [-0.2, 0) is 0 Å². The zero-order chi connectivity index (χ0) is 22.2. The average Bonchev–Trinajstić information content (AvgIpc) is 3.36. The second-order valence-electron chi connectivity index (χ2n) is 8.29. The number of carbonyl (C=O) groups excluding carboxylic acids is 2. The van der Waals surface area contributed by atoms with Crippen molar-refractivity contribution in [2.45, 2.75) is 18.9 Å². The third-order valence-corrected chi connectivity index (χ3v) is 7.00. The number of likely N-dealkylation sites (tertiary alicyclic amines) is 1. The maximum absolute atomic E-state index is 12.8. The number of carbonyl (C=O) groups is 2. The van der Waals surface area contributed by atoms with E-state index < -0.39 is 0 Å². The van der Waals surface area contributed by atoms with Gasteiger partial charge in [0.05, 0.1) is 15.9 Å². The molecule has 0 spiro atoms. The molecule has 164 valence electrons. The topological polar surface area (TPSA) is 78.7 Å². The molecule has 2 aromatic heterocycles. The first kappa shape index (κ1) is 20.7. The lowest BCUT2D eigenvalue weighted by Gasteiger charge is -2.30. The van der Waals surface area contributed by atoms with Crippen molar-refractivity contribution >= 4 is 38.3 Å². The molecule has 1 atom stereocenters. The minimum absolute atomic E-state index is 0.0184. The number of thiazole rings is 1. The lowest BCUT2D eigenvalue weighted by Crippen LogP contribution is -2.46. The van der Waals surface area contributed by atoms with Crippen LogP contribution >= 0.6 is 11.3 Å². The maximum Gasteiger partial charge on any atom is 0.251 e. The number of nitrogens with one attached hydrogen (secondary N) is 2. The van der Waals surface area contributed by atoms with Gasteiger partial charge in [-0.2, -0.15) is 0 Å². The average molecular weight is 448 g/mol. The van der Waals surface area contributed by atoms with Gasteiger partial charge in [0.15, 0.2) is 4.96 Å². The highest BCUT2D eigenvalue weighted by molar-refractivity contribution is 7.23. The van der Waals surface area contributed by atoms with Gasteiger partial charge in [0.25, 0.3) is 11.8 Å². The fourth-order valence-corrected chi connectivity index (χ4v) is 5.32. The Hall–Kier alpha value is -3.23. The van der Waals surface area contributed by atoms with E-state index in [2.05, 4.69) is 27.0 Å². The van der Waals surface area contributed by atoms with E-state index in [1.807, 2.05) is 36.5 Å². The highest BCUT2D eigenvalue weighted by atomic mass is 32.1. The summed E-state index contributed by atoms with van der Waals surface area (Å²) >= 11 is 1.57.